The van der Waals surface area contributed by atoms with Crippen LogP contribution in [-0.2, 0) is 22.4 Å². The highest BCUT2D eigenvalue weighted by Crippen LogP contribution is 2.09. The van der Waals surface area contributed by atoms with Gasteiger partial charge >= 0.3 is 0 Å². The maximum absolute atomic E-state index is 10.9. The third-order valence-corrected chi connectivity index (χ3v) is 2.42. The van der Waals surface area contributed by atoms with Gasteiger partial charge in [0.15, 0.2) is 0 Å². The van der Waals surface area contributed by atoms with Crippen molar-refractivity contribution in [3.8, 4) is 0 Å². The summed E-state index contributed by atoms with van der Waals surface area (Å²) in [6.07, 6.45) is 2.37. The SMILES string of the molecule is CC(=O)CCc1cccc(CCC(N)=O)c1. The minimum atomic E-state index is -0.283. The van der Waals surface area contributed by atoms with Crippen molar-refractivity contribution in [1.29, 1.82) is 0 Å². The molecule has 1 aromatic rings. The standard InChI is InChI=1S/C13H17NO2/c1-10(15)5-6-11-3-2-4-12(9-11)7-8-13(14)16/h2-4,9H,5-8H2,1H3,(H2,14,16). The Bertz CT molecular complexity index is 352. The van der Waals surface area contributed by atoms with Gasteiger partial charge < -0.3 is 10.5 Å². The van der Waals surface area contributed by atoms with E-state index in [1.54, 1.807) is 6.92 Å². The summed E-state index contributed by atoms with van der Waals surface area (Å²) in [5, 5.41) is 0. The molecule has 0 radical (unpaired) electrons. The highest BCUT2D eigenvalue weighted by atomic mass is 16.1. The van der Waals surface area contributed by atoms with Crippen LogP contribution in [0.25, 0.3) is 0 Å². The van der Waals surface area contributed by atoms with Crippen LogP contribution in [0.5, 0.6) is 0 Å². The van der Waals surface area contributed by atoms with E-state index in [4.69, 9.17) is 5.73 Å². The molecular weight excluding hydrogens is 202 g/mol. The average molecular weight is 219 g/mol. The zero-order valence-electron chi connectivity index (χ0n) is 9.53. The fraction of sp³-hybridized carbons (Fsp3) is 0.385. The van der Waals surface area contributed by atoms with Gasteiger partial charge in [0.1, 0.15) is 5.78 Å². The molecule has 0 saturated heterocycles. The summed E-state index contributed by atoms with van der Waals surface area (Å²) < 4.78 is 0. The van der Waals surface area contributed by atoms with E-state index in [9.17, 15) is 9.59 Å². The second-order valence-electron chi connectivity index (χ2n) is 3.99. The Morgan fingerprint density at radius 2 is 1.69 bits per heavy atom. The van der Waals surface area contributed by atoms with Crippen LogP contribution in [0, 0.1) is 0 Å². The largest absolute Gasteiger partial charge is 0.370 e. The minimum Gasteiger partial charge on any atom is -0.370 e. The highest BCUT2D eigenvalue weighted by molar-refractivity contribution is 5.75. The topological polar surface area (TPSA) is 60.2 Å². The summed E-state index contributed by atoms with van der Waals surface area (Å²) in [4.78, 5) is 21.5. The van der Waals surface area contributed by atoms with Gasteiger partial charge in [-0.1, -0.05) is 24.3 Å². The summed E-state index contributed by atoms with van der Waals surface area (Å²) in [5.41, 5.74) is 7.33. The summed E-state index contributed by atoms with van der Waals surface area (Å²) in [5.74, 6) is -0.0864. The molecule has 0 aliphatic heterocycles. The predicted octanol–water partition coefficient (Wildman–Crippen LogP) is 1.63. The molecule has 1 amide bonds. The van der Waals surface area contributed by atoms with E-state index >= 15 is 0 Å². The number of benzene rings is 1. The minimum absolute atomic E-state index is 0.197. The van der Waals surface area contributed by atoms with Crippen LogP contribution >= 0.6 is 0 Å². The van der Waals surface area contributed by atoms with Gasteiger partial charge in [-0.05, 0) is 30.9 Å². The van der Waals surface area contributed by atoms with E-state index in [0.29, 0.717) is 19.3 Å². The van der Waals surface area contributed by atoms with Gasteiger partial charge in [0.25, 0.3) is 0 Å². The summed E-state index contributed by atoms with van der Waals surface area (Å²) in [7, 11) is 0. The van der Waals surface area contributed by atoms with Crippen molar-refractivity contribution in [2.75, 3.05) is 0 Å². The monoisotopic (exact) mass is 219 g/mol. The lowest BCUT2D eigenvalue weighted by Crippen LogP contribution is -2.11. The van der Waals surface area contributed by atoms with Crippen LogP contribution in [0.1, 0.15) is 30.9 Å². The van der Waals surface area contributed by atoms with Gasteiger partial charge in [0, 0.05) is 12.8 Å². The number of carbonyl (C=O) groups excluding carboxylic acids is 2. The molecule has 0 aliphatic carbocycles. The lowest BCUT2D eigenvalue weighted by molar-refractivity contribution is -0.118. The second-order valence-corrected chi connectivity index (χ2v) is 3.99. The number of hydrogen-bond donors (Lipinski definition) is 1. The summed E-state index contributed by atoms with van der Waals surface area (Å²) >= 11 is 0. The molecule has 0 aromatic heterocycles. The first-order valence-electron chi connectivity index (χ1n) is 5.43. The van der Waals surface area contributed by atoms with Crippen LogP contribution in [0.15, 0.2) is 24.3 Å². The van der Waals surface area contributed by atoms with Gasteiger partial charge in [-0.2, -0.15) is 0 Å². The maximum Gasteiger partial charge on any atom is 0.217 e. The van der Waals surface area contributed by atoms with Gasteiger partial charge in [-0.3, -0.25) is 4.79 Å². The lowest BCUT2D eigenvalue weighted by Gasteiger charge is -2.03. The van der Waals surface area contributed by atoms with Crippen molar-refractivity contribution in [2.24, 2.45) is 5.73 Å². The van der Waals surface area contributed by atoms with Crippen molar-refractivity contribution in [3.63, 3.8) is 0 Å². The Kier molecular flexibility index (Phi) is 4.70. The quantitative estimate of drug-likeness (QED) is 0.790. The maximum atomic E-state index is 10.9. The Balaban J connectivity index is 2.56. The first-order valence-corrected chi connectivity index (χ1v) is 5.43. The molecule has 0 saturated carbocycles. The number of rotatable bonds is 6. The van der Waals surface area contributed by atoms with E-state index in [1.807, 2.05) is 24.3 Å². The van der Waals surface area contributed by atoms with Crippen molar-refractivity contribution < 1.29 is 9.59 Å². The number of amides is 1. The molecule has 0 bridgehead atoms. The number of ketones is 1. The summed E-state index contributed by atoms with van der Waals surface area (Å²) in [6.45, 7) is 1.59. The third kappa shape index (κ3) is 4.73. The third-order valence-electron chi connectivity index (χ3n) is 2.42. The van der Waals surface area contributed by atoms with Gasteiger partial charge in [0.05, 0.1) is 0 Å². The van der Waals surface area contributed by atoms with Crippen LogP contribution in [-0.4, -0.2) is 11.7 Å². The van der Waals surface area contributed by atoms with Crippen molar-refractivity contribution >= 4 is 11.7 Å². The fourth-order valence-corrected chi connectivity index (χ4v) is 1.53. The Hall–Kier alpha value is -1.64. The number of nitrogens with two attached hydrogens (primary N) is 1. The molecule has 0 fully saturated rings. The van der Waals surface area contributed by atoms with Gasteiger partial charge in [-0.15, -0.1) is 0 Å². The van der Waals surface area contributed by atoms with Gasteiger partial charge in [0.2, 0.25) is 5.91 Å². The van der Waals surface area contributed by atoms with Crippen LogP contribution in [0.2, 0.25) is 0 Å². The molecule has 0 spiro atoms. The number of aryl methyl sites for hydroxylation is 2. The lowest BCUT2D eigenvalue weighted by atomic mass is 10.0. The molecule has 1 aromatic carbocycles. The van der Waals surface area contributed by atoms with Crippen LogP contribution in [0.3, 0.4) is 0 Å². The molecule has 0 heterocycles. The molecule has 16 heavy (non-hydrogen) atoms. The zero-order chi connectivity index (χ0) is 12.0. The van der Waals surface area contributed by atoms with E-state index in [2.05, 4.69) is 0 Å². The first kappa shape index (κ1) is 12.4. The molecule has 1 rings (SSSR count). The Morgan fingerprint density at radius 1 is 1.12 bits per heavy atom. The molecular formula is C13H17NO2. The van der Waals surface area contributed by atoms with E-state index in [0.717, 1.165) is 17.5 Å². The number of hydrogen-bond acceptors (Lipinski definition) is 2. The second kappa shape index (κ2) is 6.05. The normalized spacial score (nSPS) is 10.1. The van der Waals surface area contributed by atoms with E-state index < -0.39 is 0 Å². The smallest absolute Gasteiger partial charge is 0.217 e. The summed E-state index contributed by atoms with van der Waals surface area (Å²) in [6, 6.07) is 7.95. The molecule has 0 aliphatic rings. The van der Waals surface area contributed by atoms with E-state index in [-0.39, 0.29) is 11.7 Å². The van der Waals surface area contributed by atoms with Crippen LogP contribution in [0.4, 0.5) is 0 Å². The number of carbonyl (C=O) groups is 2. The molecule has 86 valence electrons. The molecule has 0 unspecified atom stereocenters. The molecule has 3 heteroatoms. The number of primary amides is 1. The molecule has 0 atom stereocenters. The highest BCUT2D eigenvalue weighted by Gasteiger charge is 2.00. The first-order chi connectivity index (χ1) is 7.58. The Morgan fingerprint density at radius 3 is 2.19 bits per heavy atom. The molecule has 3 nitrogen and oxygen atoms in total. The molecule has 2 N–H and O–H groups in total. The number of Topliss-reactive ketones (excluding diaryl/α,β-unsaturated/α-hetero) is 1. The fourth-order valence-electron chi connectivity index (χ4n) is 1.53. The van der Waals surface area contributed by atoms with Crippen molar-refractivity contribution in [2.45, 2.75) is 32.6 Å². The zero-order valence-corrected chi connectivity index (χ0v) is 9.53. The van der Waals surface area contributed by atoms with Crippen molar-refractivity contribution in [1.82, 2.24) is 0 Å². The van der Waals surface area contributed by atoms with Gasteiger partial charge in [-0.25, -0.2) is 0 Å². The van der Waals surface area contributed by atoms with Crippen molar-refractivity contribution in [3.05, 3.63) is 35.4 Å². The van der Waals surface area contributed by atoms with Crippen LogP contribution < -0.4 is 5.73 Å². The predicted molar refractivity (Wildman–Crippen MR) is 63.0 cm³/mol. The van der Waals surface area contributed by atoms with E-state index in [1.165, 1.54) is 0 Å². The Labute approximate surface area is 95.6 Å². The average Bonchev–Trinajstić information content (AvgIpc) is 2.24.